The van der Waals surface area contributed by atoms with Crippen molar-refractivity contribution in [2.75, 3.05) is 13.1 Å². The van der Waals surface area contributed by atoms with E-state index < -0.39 is 11.6 Å². The molecule has 4 N–H and O–H groups in total. The minimum Gasteiger partial charge on any atom is -0.358 e. The maximum atomic E-state index is 12.9. The summed E-state index contributed by atoms with van der Waals surface area (Å²) in [6.45, 7) is 3.41. The van der Waals surface area contributed by atoms with E-state index >= 15 is 0 Å². The molecule has 8 nitrogen and oxygen atoms in total. The minimum atomic E-state index is -1.11. The lowest BCUT2D eigenvalue weighted by molar-refractivity contribution is -0.123. The predicted molar refractivity (Wildman–Crippen MR) is 125 cm³/mol. The molecule has 2 aromatic carbocycles. The van der Waals surface area contributed by atoms with E-state index in [0.717, 1.165) is 30.5 Å². The highest BCUT2D eigenvalue weighted by molar-refractivity contribution is 6.07. The highest BCUT2D eigenvalue weighted by Crippen LogP contribution is 2.29. The van der Waals surface area contributed by atoms with Crippen LogP contribution in [0.2, 0.25) is 0 Å². The van der Waals surface area contributed by atoms with Gasteiger partial charge in [0.1, 0.15) is 5.54 Å². The van der Waals surface area contributed by atoms with Gasteiger partial charge in [-0.1, -0.05) is 42.5 Å². The topological polar surface area (TPSA) is 106 Å². The number of amides is 5. The van der Waals surface area contributed by atoms with E-state index in [0.29, 0.717) is 18.7 Å². The second kappa shape index (κ2) is 8.27. The van der Waals surface area contributed by atoms with Gasteiger partial charge in [-0.3, -0.25) is 10.1 Å². The molecule has 2 aliphatic rings. The molecule has 3 aromatic rings. The van der Waals surface area contributed by atoms with Crippen LogP contribution < -0.4 is 16.0 Å². The largest absolute Gasteiger partial charge is 0.358 e. The van der Waals surface area contributed by atoms with Crippen molar-refractivity contribution in [1.82, 2.24) is 25.8 Å². The number of para-hydroxylation sites is 1. The number of rotatable bonds is 4. The van der Waals surface area contributed by atoms with Crippen molar-refractivity contribution in [2.45, 2.75) is 37.8 Å². The molecular weight excluding hydrogens is 418 g/mol. The fraction of sp³-hybridized carbons (Fsp3) is 0.320. The molecule has 33 heavy (non-hydrogen) atoms. The lowest BCUT2D eigenvalue weighted by atomic mass is 9.91. The number of urea groups is 2. The van der Waals surface area contributed by atoms with Crippen molar-refractivity contribution in [3.8, 4) is 0 Å². The molecule has 0 radical (unpaired) electrons. The highest BCUT2D eigenvalue weighted by Gasteiger charge is 2.43. The minimum absolute atomic E-state index is 0.0978. The molecule has 2 unspecified atom stereocenters. The quantitative estimate of drug-likeness (QED) is 0.463. The Morgan fingerprint density at radius 3 is 2.79 bits per heavy atom. The van der Waals surface area contributed by atoms with Crippen LogP contribution in [0.4, 0.5) is 9.59 Å². The van der Waals surface area contributed by atoms with Crippen molar-refractivity contribution < 1.29 is 14.4 Å². The SMILES string of the molecule is CC1(c2cccc(CNC(=O)N3CCCC(c4cc5ccccc5[nH]4)C3)c2)NC(=O)NC1=O. The van der Waals surface area contributed by atoms with Crippen LogP contribution in [0.15, 0.2) is 54.6 Å². The molecule has 0 bridgehead atoms. The van der Waals surface area contributed by atoms with Crippen LogP contribution in [0.25, 0.3) is 10.9 Å². The Morgan fingerprint density at radius 1 is 1.15 bits per heavy atom. The molecular formula is C25H27N5O3. The Kier molecular flexibility index (Phi) is 5.28. The molecule has 2 aliphatic heterocycles. The summed E-state index contributed by atoms with van der Waals surface area (Å²) in [6, 6.07) is 17.2. The van der Waals surface area contributed by atoms with Crippen LogP contribution in [0.5, 0.6) is 0 Å². The molecule has 8 heteroatoms. The first-order valence-corrected chi connectivity index (χ1v) is 11.3. The van der Waals surface area contributed by atoms with Gasteiger partial charge in [0.15, 0.2) is 0 Å². The molecule has 2 atom stereocenters. The Morgan fingerprint density at radius 2 is 2.00 bits per heavy atom. The zero-order valence-electron chi connectivity index (χ0n) is 18.5. The first-order chi connectivity index (χ1) is 15.9. The Bertz CT molecular complexity index is 1200. The molecule has 0 aliphatic carbocycles. The first kappa shape index (κ1) is 21.1. The number of likely N-dealkylation sites (tertiary alicyclic amines) is 1. The van der Waals surface area contributed by atoms with Crippen molar-refractivity contribution >= 4 is 28.9 Å². The monoisotopic (exact) mass is 445 g/mol. The van der Waals surface area contributed by atoms with Gasteiger partial charge in [0.2, 0.25) is 0 Å². The second-order valence-electron chi connectivity index (χ2n) is 8.99. The number of hydrogen-bond acceptors (Lipinski definition) is 3. The summed E-state index contributed by atoms with van der Waals surface area (Å²) in [4.78, 5) is 42.1. The Hall–Kier alpha value is -3.81. The molecule has 3 heterocycles. The summed E-state index contributed by atoms with van der Waals surface area (Å²) in [5.74, 6) is -0.102. The van der Waals surface area contributed by atoms with Crippen LogP contribution in [0, 0.1) is 0 Å². The van der Waals surface area contributed by atoms with Gasteiger partial charge in [-0.05, 0) is 48.4 Å². The third-order valence-corrected chi connectivity index (χ3v) is 6.69. The van der Waals surface area contributed by atoms with Gasteiger partial charge in [-0.2, -0.15) is 0 Å². The van der Waals surface area contributed by atoms with Crippen molar-refractivity contribution in [2.24, 2.45) is 0 Å². The normalized spacial score (nSPS) is 22.8. The molecule has 2 saturated heterocycles. The molecule has 2 fully saturated rings. The van der Waals surface area contributed by atoms with Crippen molar-refractivity contribution in [3.05, 3.63) is 71.4 Å². The third kappa shape index (κ3) is 4.04. The van der Waals surface area contributed by atoms with Crippen LogP contribution in [0.1, 0.15) is 42.5 Å². The predicted octanol–water partition coefficient (Wildman–Crippen LogP) is 3.31. The number of piperidine rings is 1. The van der Waals surface area contributed by atoms with Crippen LogP contribution in [0.3, 0.4) is 0 Å². The van der Waals surface area contributed by atoms with Gasteiger partial charge >= 0.3 is 12.1 Å². The van der Waals surface area contributed by atoms with E-state index in [1.807, 2.05) is 35.2 Å². The average Bonchev–Trinajstić information content (AvgIpc) is 3.38. The standard InChI is InChI=1S/C25H27N5O3/c1-25(22(31)28-23(32)29-25)19-9-4-6-16(12-19)14-26-24(33)30-11-5-8-18(15-30)21-13-17-7-2-3-10-20(17)27-21/h2-4,6-7,9-10,12-13,18,27H,5,8,11,14-15H2,1H3,(H,26,33)(H2,28,29,31,32). The van der Waals surface area contributed by atoms with E-state index in [4.69, 9.17) is 0 Å². The van der Waals surface area contributed by atoms with E-state index in [-0.39, 0.29) is 17.9 Å². The number of hydrogen-bond donors (Lipinski definition) is 4. The van der Waals surface area contributed by atoms with E-state index in [2.05, 4.69) is 39.1 Å². The number of imide groups is 1. The number of nitrogens with zero attached hydrogens (tertiary/aromatic N) is 1. The Labute approximate surface area is 191 Å². The number of aromatic nitrogens is 1. The zero-order chi connectivity index (χ0) is 23.0. The number of nitrogens with one attached hydrogen (secondary N) is 4. The summed E-state index contributed by atoms with van der Waals surface area (Å²) >= 11 is 0. The van der Waals surface area contributed by atoms with E-state index in [1.54, 1.807) is 13.0 Å². The van der Waals surface area contributed by atoms with Crippen LogP contribution in [-0.2, 0) is 16.9 Å². The maximum Gasteiger partial charge on any atom is 0.322 e. The average molecular weight is 446 g/mol. The summed E-state index contributed by atoms with van der Waals surface area (Å²) in [5.41, 5.74) is 2.72. The maximum absolute atomic E-state index is 12.9. The van der Waals surface area contributed by atoms with Crippen molar-refractivity contribution in [3.63, 3.8) is 0 Å². The van der Waals surface area contributed by atoms with Gasteiger partial charge in [-0.25, -0.2) is 9.59 Å². The smallest absolute Gasteiger partial charge is 0.322 e. The summed E-state index contributed by atoms with van der Waals surface area (Å²) < 4.78 is 0. The fourth-order valence-corrected chi connectivity index (χ4v) is 4.76. The fourth-order valence-electron chi connectivity index (χ4n) is 4.76. The molecule has 1 aromatic heterocycles. The van der Waals surface area contributed by atoms with E-state index in [9.17, 15) is 14.4 Å². The number of fused-ring (bicyclic) bond motifs is 1. The van der Waals surface area contributed by atoms with Gasteiger partial charge in [0, 0.05) is 36.8 Å². The highest BCUT2D eigenvalue weighted by atomic mass is 16.2. The van der Waals surface area contributed by atoms with Crippen molar-refractivity contribution in [1.29, 1.82) is 0 Å². The number of carbonyl (C=O) groups excluding carboxylic acids is 3. The van der Waals surface area contributed by atoms with Crippen LogP contribution in [-0.4, -0.2) is 40.9 Å². The summed E-state index contributed by atoms with van der Waals surface area (Å²) in [6.07, 6.45) is 2.00. The zero-order valence-corrected chi connectivity index (χ0v) is 18.5. The molecule has 0 saturated carbocycles. The molecule has 170 valence electrons. The number of carbonyl (C=O) groups is 3. The molecule has 5 rings (SSSR count). The number of H-pyrrole nitrogens is 1. The van der Waals surface area contributed by atoms with Gasteiger partial charge in [0.25, 0.3) is 5.91 Å². The second-order valence-corrected chi connectivity index (χ2v) is 8.99. The lowest BCUT2D eigenvalue weighted by Crippen LogP contribution is -2.44. The van der Waals surface area contributed by atoms with Gasteiger partial charge in [0.05, 0.1) is 0 Å². The lowest BCUT2D eigenvalue weighted by Gasteiger charge is -2.32. The molecule has 5 amide bonds. The van der Waals surface area contributed by atoms with Crippen LogP contribution >= 0.6 is 0 Å². The summed E-state index contributed by atoms with van der Waals surface area (Å²) in [5, 5.41) is 9.14. The third-order valence-electron chi connectivity index (χ3n) is 6.69. The Balaban J connectivity index is 1.23. The first-order valence-electron chi connectivity index (χ1n) is 11.3. The van der Waals surface area contributed by atoms with E-state index in [1.165, 1.54) is 11.1 Å². The number of aromatic amines is 1. The summed E-state index contributed by atoms with van der Waals surface area (Å²) in [7, 11) is 0. The van der Waals surface area contributed by atoms with Gasteiger partial charge < -0.3 is 20.5 Å². The number of benzene rings is 2. The van der Waals surface area contributed by atoms with Gasteiger partial charge in [-0.15, -0.1) is 0 Å². The molecule has 0 spiro atoms.